The summed E-state index contributed by atoms with van der Waals surface area (Å²) in [5, 5.41) is 10.7. The molecular weight excluding hydrogens is 451 g/mol. The molecule has 0 spiro atoms. The molecule has 34 heavy (non-hydrogen) atoms. The maximum atomic E-state index is 15.5. The van der Waals surface area contributed by atoms with Gasteiger partial charge in [-0.3, -0.25) is 0 Å². The zero-order chi connectivity index (χ0) is 23.9. The minimum atomic E-state index is -1.46. The molecule has 3 aromatic rings. The van der Waals surface area contributed by atoms with Gasteiger partial charge in [-0.25, -0.2) is 14.4 Å². The summed E-state index contributed by atoms with van der Waals surface area (Å²) < 4.78 is 15.5. The van der Waals surface area contributed by atoms with Crippen LogP contribution in [0.3, 0.4) is 0 Å². The second-order valence-electron chi connectivity index (χ2n) is 9.78. The first-order valence-corrected chi connectivity index (χ1v) is 12.6. The fraction of sp³-hybridized carbons (Fsp3) is 0.481. The average molecular weight is 483 g/mol. The number of anilines is 2. The van der Waals surface area contributed by atoms with Gasteiger partial charge in [-0.2, -0.15) is 0 Å². The molecule has 0 atom stereocenters. The van der Waals surface area contributed by atoms with Crippen LogP contribution in [-0.2, 0) is 5.67 Å². The van der Waals surface area contributed by atoms with E-state index in [-0.39, 0.29) is 12.4 Å². The number of alkyl halides is 1. The molecule has 5 rings (SSSR count). The van der Waals surface area contributed by atoms with E-state index in [1.54, 1.807) is 0 Å². The van der Waals surface area contributed by atoms with Crippen LogP contribution < -0.4 is 9.80 Å². The van der Waals surface area contributed by atoms with Gasteiger partial charge in [0.1, 0.15) is 5.82 Å². The van der Waals surface area contributed by atoms with Crippen LogP contribution >= 0.6 is 11.6 Å². The lowest BCUT2D eigenvalue weighted by Crippen LogP contribution is -2.36. The highest BCUT2D eigenvalue weighted by molar-refractivity contribution is 6.35. The van der Waals surface area contributed by atoms with Crippen LogP contribution in [0.5, 0.6) is 0 Å². The quantitative estimate of drug-likeness (QED) is 0.484. The monoisotopic (exact) mass is 482 g/mol. The number of hydrogen-bond donors (Lipinski definition) is 1. The highest BCUT2D eigenvalue weighted by atomic mass is 35.5. The Morgan fingerprint density at radius 1 is 1.18 bits per heavy atom. The van der Waals surface area contributed by atoms with Gasteiger partial charge in [-0.1, -0.05) is 35.9 Å². The summed E-state index contributed by atoms with van der Waals surface area (Å²) in [6.07, 6.45) is 3.81. The summed E-state index contributed by atoms with van der Waals surface area (Å²) in [6, 6.07) is 12.5. The Balaban J connectivity index is 1.53. The first kappa shape index (κ1) is 23.3. The van der Waals surface area contributed by atoms with Gasteiger partial charge in [0.25, 0.3) is 0 Å². The van der Waals surface area contributed by atoms with Gasteiger partial charge < -0.3 is 14.9 Å². The number of aromatic nitrogens is 2. The normalized spacial score (nSPS) is 18.2. The number of aryl methyl sites for hydroxylation is 1. The Morgan fingerprint density at radius 3 is 2.56 bits per heavy atom. The van der Waals surface area contributed by atoms with Gasteiger partial charge in [0.2, 0.25) is 0 Å². The molecular formula is C27H32ClFN4O. The third kappa shape index (κ3) is 4.22. The van der Waals surface area contributed by atoms with E-state index in [1.807, 2.05) is 24.1 Å². The lowest BCUT2D eigenvalue weighted by molar-refractivity contribution is 0.0512. The summed E-state index contributed by atoms with van der Waals surface area (Å²) >= 11 is 6.70. The van der Waals surface area contributed by atoms with E-state index in [9.17, 15) is 5.11 Å². The zero-order valence-corrected chi connectivity index (χ0v) is 20.7. The van der Waals surface area contributed by atoms with Gasteiger partial charge >= 0.3 is 0 Å². The molecule has 1 aliphatic carbocycles. The van der Waals surface area contributed by atoms with Gasteiger partial charge in [0.15, 0.2) is 11.5 Å². The molecule has 180 valence electrons. The van der Waals surface area contributed by atoms with E-state index in [4.69, 9.17) is 16.6 Å². The average Bonchev–Trinajstić information content (AvgIpc) is 2.82. The molecule has 1 N–H and O–H groups in total. The SMILES string of the molecule is Cc1ccccc1C1CCN(c2nc(C3(F)CCC3)nc3c(Cl)cc(N(C)CCO)cc23)CC1. The number of nitrogens with zero attached hydrogens (tertiary/aromatic N) is 4. The van der Waals surface area contributed by atoms with Crippen LogP contribution in [-0.4, -0.2) is 48.4 Å². The Bertz CT molecular complexity index is 1190. The van der Waals surface area contributed by atoms with Crippen molar-refractivity contribution in [3.63, 3.8) is 0 Å². The smallest absolute Gasteiger partial charge is 0.170 e. The second-order valence-corrected chi connectivity index (χ2v) is 10.2. The summed E-state index contributed by atoms with van der Waals surface area (Å²) in [7, 11) is 1.92. The molecule has 2 aliphatic rings. The minimum absolute atomic E-state index is 0.0469. The Morgan fingerprint density at radius 2 is 1.91 bits per heavy atom. The van der Waals surface area contributed by atoms with Crippen molar-refractivity contribution in [2.75, 3.05) is 43.1 Å². The van der Waals surface area contributed by atoms with E-state index in [2.05, 4.69) is 41.1 Å². The van der Waals surface area contributed by atoms with Crippen LogP contribution in [0.15, 0.2) is 36.4 Å². The van der Waals surface area contributed by atoms with Crippen LogP contribution in [0, 0.1) is 6.92 Å². The summed E-state index contributed by atoms with van der Waals surface area (Å²) in [5.74, 6) is 1.55. The predicted octanol–water partition coefficient (Wildman–Crippen LogP) is 5.75. The number of likely N-dealkylation sites (N-methyl/N-ethyl adjacent to an activating group) is 1. The largest absolute Gasteiger partial charge is 0.395 e. The van der Waals surface area contributed by atoms with E-state index in [0.29, 0.717) is 35.8 Å². The second kappa shape index (κ2) is 9.31. The van der Waals surface area contributed by atoms with E-state index in [1.165, 1.54) is 11.1 Å². The molecule has 2 aromatic carbocycles. The van der Waals surface area contributed by atoms with Crippen molar-refractivity contribution in [1.82, 2.24) is 9.97 Å². The molecule has 7 heteroatoms. The minimum Gasteiger partial charge on any atom is -0.395 e. The van der Waals surface area contributed by atoms with Crippen LogP contribution in [0.4, 0.5) is 15.9 Å². The van der Waals surface area contributed by atoms with Gasteiger partial charge in [0.05, 0.1) is 17.1 Å². The maximum absolute atomic E-state index is 15.5. The van der Waals surface area contributed by atoms with Gasteiger partial charge in [0, 0.05) is 37.8 Å². The molecule has 5 nitrogen and oxygen atoms in total. The van der Waals surface area contributed by atoms with Crippen molar-refractivity contribution in [3.8, 4) is 0 Å². The molecule has 1 saturated heterocycles. The molecule has 2 fully saturated rings. The summed E-state index contributed by atoms with van der Waals surface area (Å²) in [6.45, 7) is 4.41. The van der Waals surface area contributed by atoms with Crippen molar-refractivity contribution in [2.24, 2.45) is 0 Å². The molecule has 2 heterocycles. The van der Waals surface area contributed by atoms with Crippen molar-refractivity contribution < 1.29 is 9.50 Å². The molecule has 0 unspecified atom stereocenters. The fourth-order valence-corrected chi connectivity index (χ4v) is 5.51. The third-order valence-electron chi connectivity index (χ3n) is 7.56. The summed E-state index contributed by atoms with van der Waals surface area (Å²) in [5.41, 5.74) is 2.79. The first-order chi connectivity index (χ1) is 16.4. The first-order valence-electron chi connectivity index (χ1n) is 12.2. The number of rotatable bonds is 6. The Hall–Kier alpha value is -2.44. The number of fused-ring (bicyclic) bond motifs is 1. The maximum Gasteiger partial charge on any atom is 0.170 e. The number of hydrogen-bond acceptors (Lipinski definition) is 5. The van der Waals surface area contributed by atoms with E-state index in [0.717, 1.165) is 49.2 Å². The number of piperidine rings is 1. The van der Waals surface area contributed by atoms with Crippen LogP contribution in [0.25, 0.3) is 10.9 Å². The third-order valence-corrected chi connectivity index (χ3v) is 7.85. The summed E-state index contributed by atoms with van der Waals surface area (Å²) in [4.78, 5) is 13.7. The highest BCUT2D eigenvalue weighted by Crippen LogP contribution is 2.46. The Labute approximate surface area is 205 Å². The standard InChI is InChI=1S/C27H32ClFN4O/c1-18-6-3-4-7-21(18)19-8-12-33(13-9-19)25-22-16-20(32(2)14-15-34)17-23(28)24(22)30-26(31-25)27(29)10-5-11-27/h3-4,6-7,16-17,19,34H,5,8-15H2,1-2H3. The molecule has 1 aliphatic heterocycles. The Kier molecular flexibility index (Phi) is 6.38. The molecule has 0 radical (unpaired) electrons. The van der Waals surface area contributed by atoms with Crippen molar-refractivity contribution in [2.45, 2.75) is 50.6 Å². The van der Waals surface area contributed by atoms with Gasteiger partial charge in [-0.15, -0.1) is 0 Å². The van der Waals surface area contributed by atoms with Crippen LogP contribution in [0.2, 0.25) is 5.02 Å². The lowest BCUT2D eigenvalue weighted by Gasteiger charge is -2.36. The van der Waals surface area contributed by atoms with E-state index < -0.39 is 5.67 Å². The number of aliphatic hydroxyl groups excluding tert-OH is 1. The van der Waals surface area contributed by atoms with Crippen molar-refractivity contribution in [1.29, 1.82) is 0 Å². The van der Waals surface area contributed by atoms with Crippen LogP contribution in [0.1, 0.15) is 55.0 Å². The number of halogens is 2. The topological polar surface area (TPSA) is 52.5 Å². The molecule has 0 amide bonds. The molecule has 1 aromatic heterocycles. The number of aliphatic hydroxyl groups is 1. The predicted molar refractivity (Wildman–Crippen MR) is 137 cm³/mol. The van der Waals surface area contributed by atoms with Gasteiger partial charge in [-0.05, 0) is 68.2 Å². The molecule has 0 bridgehead atoms. The molecule has 1 saturated carbocycles. The van der Waals surface area contributed by atoms with Crippen molar-refractivity contribution in [3.05, 3.63) is 58.4 Å². The fourth-order valence-electron chi connectivity index (χ4n) is 5.26. The number of benzene rings is 2. The highest BCUT2D eigenvalue weighted by Gasteiger charge is 2.42. The lowest BCUT2D eigenvalue weighted by atomic mass is 9.81. The van der Waals surface area contributed by atoms with Crippen molar-refractivity contribution >= 4 is 34.0 Å². The van der Waals surface area contributed by atoms with E-state index >= 15 is 4.39 Å². The zero-order valence-electron chi connectivity index (χ0n) is 19.9.